The molecular formula is C11H11N3O. The van der Waals surface area contributed by atoms with Gasteiger partial charge in [-0.25, -0.2) is 0 Å². The van der Waals surface area contributed by atoms with Crippen molar-refractivity contribution in [3.63, 3.8) is 0 Å². The maximum atomic E-state index is 11.3. The fourth-order valence-electron chi connectivity index (χ4n) is 1.74. The highest BCUT2D eigenvalue weighted by Crippen LogP contribution is 2.38. The fourth-order valence-corrected chi connectivity index (χ4v) is 1.74. The molecule has 0 N–H and O–H groups in total. The van der Waals surface area contributed by atoms with E-state index in [0.29, 0.717) is 11.5 Å². The van der Waals surface area contributed by atoms with E-state index in [0.717, 1.165) is 11.5 Å². The van der Waals surface area contributed by atoms with E-state index in [1.807, 2.05) is 16.7 Å². The van der Waals surface area contributed by atoms with Crippen molar-refractivity contribution in [2.24, 2.45) is 0 Å². The van der Waals surface area contributed by atoms with Crippen molar-refractivity contribution in [3.05, 3.63) is 29.7 Å². The van der Waals surface area contributed by atoms with E-state index in [1.54, 1.807) is 13.0 Å². The van der Waals surface area contributed by atoms with Gasteiger partial charge in [-0.1, -0.05) is 0 Å². The summed E-state index contributed by atoms with van der Waals surface area (Å²) in [5, 5.41) is 8.24. The number of carbonyl (C=O) groups is 1. The molecule has 1 aliphatic rings. The molecule has 0 bridgehead atoms. The normalized spacial score (nSPS) is 15.8. The Morgan fingerprint density at radius 2 is 2.20 bits per heavy atom. The molecule has 0 unspecified atom stereocenters. The minimum absolute atomic E-state index is 0.0762. The second-order valence-corrected chi connectivity index (χ2v) is 4.03. The van der Waals surface area contributed by atoms with Crippen LogP contribution in [0.3, 0.4) is 0 Å². The van der Waals surface area contributed by atoms with Gasteiger partial charge in [-0.2, -0.15) is 0 Å². The molecule has 0 saturated heterocycles. The van der Waals surface area contributed by atoms with Gasteiger partial charge in [0.05, 0.1) is 0 Å². The Morgan fingerprint density at radius 3 is 2.87 bits per heavy atom. The lowest BCUT2D eigenvalue weighted by atomic mass is 10.2. The lowest BCUT2D eigenvalue weighted by Gasteiger charge is -1.99. The van der Waals surface area contributed by atoms with Crippen LogP contribution in [0.15, 0.2) is 18.3 Å². The second-order valence-electron chi connectivity index (χ2n) is 4.03. The first-order valence-corrected chi connectivity index (χ1v) is 5.11. The highest BCUT2D eigenvalue weighted by molar-refractivity contribution is 5.94. The van der Waals surface area contributed by atoms with E-state index < -0.39 is 0 Å². The fraction of sp³-hybridized carbons (Fsp3) is 0.364. The van der Waals surface area contributed by atoms with Crippen molar-refractivity contribution in [3.8, 4) is 0 Å². The standard InChI is InChI=1S/C11H11N3O/c1-7(15)9-4-5-10-12-13-11(8-2-3-8)14(10)6-9/h4-6,8H,2-3H2,1H3. The second kappa shape index (κ2) is 2.89. The van der Waals surface area contributed by atoms with Crippen molar-refractivity contribution in [1.29, 1.82) is 0 Å². The van der Waals surface area contributed by atoms with Gasteiger partial charge < -0.3 is 0 Å². The van der Waals surface area contributed by atoms with Crippen LogP contribution in [0.4, 0.5) is 0 Å². The number of nitrogens with zero attached hydrogens (tertiary/aromatic N) is 3. The summed E-state index contributed by atoms with van der Waals surface area (Å²) in [7, 11) is 0. The van der Waals surface area contributed by atoms with Crippen molar-refractivity contribution in [1.82, 2.24) is 14.6 Å². The van der Waals surface area contributed by atoms with Crippen molar-refractivity contribution < 1.29 is 4.79 Å². The van der Waals surface area contributed by atoms with Crippen LogP contribution in [0.2, 0.25) is 0 Å². The number of rotatable bonds is 2. The zero-order chi connectivity index (χ0) is 10.4. The Labute approximate surface area is 86.9 Å². The molecule has 0 aliphatic heterocycles. The van der Waals surface area contributed by atoms with Gasteiger partial charge in [-0.05, 0) is 31.9 Å². The summed E-state index contributed by atoms with van der Waals surface area (Å²) < 4.78 is 1.94. The Bertz CT molecular complexity index is 540. The average Bonchev–Trinajstić information content (AvgIpc) is 2.98. The van der Waals surface area contributed by atoms with E-state index in [2.05, 4.69) is 10.2 Å². The molecule has 0 aromatic carbocycles. The molecule has 2 aromatic rings. The molecule has 0 spiro atoms. The van der Waals surface area contributed by atoms with Gasteiger partial charge in [0.25, 0.3) is 0 Å². The summed E-state index contributed by atoms with van der Waals surface area (Å²) in [6, 6.07) is 3.64. The third-order valence-corrected chi connectivity index (χ3v) is 2.78. The number of Topliss-reactive ketones (excluding diaryl/α,β-unsaturated/α-hetero) is 1. The number of carbonyl (C=O) groups excluding carboxylic acids is 1. The zero-order valence-electron chi connectivity index (χ0n) is 8.47. The minimum Gasteiger partial charge on any atom is -0.294 e. The lowest BCUT2D eigenvalue weighted by Crippen LogP contribution is -1.98. The Kier molecular flexibility index (Phi) is 1.65. The predicted octanol–water partition coefficient (Wildman–Crippen LogP) is 1.81. The minimum atomic E-state index is 0.0762. The molecule has 1 saturated carbocycles. The number of hydrogen-bond acceptors (Lipinski definition) is 3. The molecule has 2 heterocycles. The summed E-state index contributed by atoms with van der Waals surface area (Å²) in [4.78, 5) is 11.3. The van der Waals surface area contributed by atoms with Gasteiger partial charge in [0.15, 0.2) is 11.4 Å². The molecule has 76 valence electrons. The van der Waals surface area contributed by atoms with Crippen LogP contribution in [0.1, 0.15) is 41.9 Å². The van der Waals surface area contributed by atoms with E-state index in [-0.39, 0.29) is 5.78 Å². The number of fused-ring (bicyclic) bond motifs is 1. The van der Waals surface area contributed by atoms with Crippen LogP contribution < -0.4 is 0 Å². The number of ketones is 1. The van der Waals surface area contributed by atoms with Gasteiger partial charge >= 0.3 is 0 Å². The molecule has 3 rings (SSSR count). The van der Waals surface area contributed by atoms with Crippen LogP contribution >= 0.6 is 0 Å². The molecule has 1 aliphatic carbocycles. The van der Waals surface area contributed by atoms with Crippen molar-refractivity contribution >= 4 is 11.4 Å². The largest absolute Gasteiger partial charge is 0.294 e. The number of pyridine rings is 1. The average molecular weight is 201 g/mol. The number of aromatic nitrogens is 3. The summed E-state index contributed by atoms with van der Waals surface area (Å²) in [5.41, 5.74) is 1.53. The third kappa shape index (κ3) is 1.33. The van der Waals surface area contributed by atoms with Gasteiger partial charge in [0, 0.05) is 17.7 Å². The van der Waals surface area contributed by atoms with Crippen LogP contribution in [0.25, 0.3) is 5.65 Å². The van der Waals surface area contributed by atoms with E-state index in [4.69, 9.17) is 0 Å². The molecule has 0 atom stereocenters. The smallest absolute Gasteiger partial charge is 0.161 e. The van der Waals surface area contributed by atoms with Crippen LogP contribution in [0.5, 0.6) is 0 Å². The lowest BCUT2D eigenvalue weighted by molar-refractivity contribution is 0.101. The van der Waals surface area contributed by atoms with E-state index in [1.165, 1.54) is 12.8 Å². The molecule has 2 aromatic heterocycles. The molecule has 15 heavy (non-hydrogen) atoms. The van der Waals surface area contributed by atoms with Gasteiger partial charge in [0.1, 0.15) is 5.82 Å². The first kappa shape index (κ1) is 8.59. The Morgan fingerprint density at radius 1 is 1.40 bits per heavy atom. The molecule has 4 heteroatoms. The first-order chi connectivity index (χ1) is 7.25. The van der Waals surface area contributed by atoms with Crippen LogP contribution in [-0.2, 0) is 0 Å². The quantitative estimate of drug-likeness (QED) is 0.696. The Hall–Kier alpha value is -1.71. The summed E-state index contributed by atoms with van der Waals surface area (Å²) in [6.07, 6.45) is 4.21. The Balaban J connectivity index is 2.21. The van der Waals surface area contributed by atoms with Gasteiger partial charge in [-0.15, -0.1) is 10.2 Å². The predicted molar refractivity (Wildman–Crippen MR) is 55.0 cm³/mol. The van der Waals surface area contributed by atoms with Gasteiger partial charge in [0.2, 0.25) is 0 Å². The van der Waals surface area contributed by atoms with Crippen LogP contribution in [-0.4, -0.2) is 20.4 Å². The van der Waals surface area contributed by atoms with E-state index in [9.17, 15) is 4.79 Å². The topological polar surface area (TPSA) is 47.3 Å². The van der Waals surface area contributed by atoms with Crippen molar-refractivity contribution in [2.45, 2.75) is 25.7 Å². The maximum absolute atomic E-state index is 11.3. The highest BCUT2D eigenvalue weighted by Gasteiger charge is 2.28. The summed E-state index contributed by atoms with van der Waals surface area (Å²) in [6.45, 7) is 1.57. The van der Waals surface area contributed by atoms with Gasteiger partial charge in [-0.3, -0.25) is 9.20 Å². The summed E-state index contributed by atoms with van der Waals surface area (Å²) in [5.74, 6) is 1.61. The van der Waals surface area contributed by atoms with Crippen LogP contribution in [0, 0.1) is 0 Å². The SMILES string of the molecule is CC(=O)c1ccc2nnc(C3CC3)n2c1. The monoisotopic (exact) mass is 201 g/mol. The molecule has 1 fully saturated rings. The maximum Gasteiger partial charge on any atom is 0.161 e. The summed E-state index contributed by atoms with van der Waals surface area (Å²) >= 11 is 0. The zero-order valence-corrected chi connectivity index (χ0v) is 8.47. The molecular weight excluding hydrogens is 190 g/mol. The number of hydrogen-bond donors (Lipinski definition) is 0. The first-order valence-electron chi connectivity index (χ1n) is 5.11. The molecule has 4 nitrogen and oxygen atoms in total. The highest BCUT2D eigenvalue weighted by atomic mass is 16.1. The molecule has 0 amide bonds. The van der Waals surface area contributed by atoms with E-state index >= 15 is 0 Å². The molecule has 0 radical (unpaired) electrons. The third-order valence-electron chi connectivity index (χ3n) is 2.78. The van der Waals surface area contributed by atoms with Crippen molar-refractivity contribution in [2.75, 3.05) is 0 Å².